The second-order valence-corrected chi connectivity index (χ2v) is 9.50. The summed E-state index contributed by atoms with van der Waals surface area (Å²) < 4.78 is 1.80. The Labute approximate surface area is 256 Å². The van der Waals surface area contributed by atoms with E-state index in [1.165, 1.54) is 33.5 Å². The Morgan fingerprint density at radius 3 is 2.14 bits per heavy atom. The molecule has 0 unspecified atom stereocenters. The van der Waals surface area contributed by atoms with Crippen molar-refractivity contribution in [3.8, 4) is 0 Å². The molecular formula is C37H54N5+. The molecule has 0 heterocycles. The van der Waals surface area contributed by atoms with Crippen molar-refractivity contribution >= 4 is 24.3 Å². The molecule has 5 nitrogen and oxygen atoms in total. The minimum Gasteiger partial charge on any atom is -0.387 e. The van der Waals surface area contributed by atoms with E-state index in [1.807, 2.05) is 53.1 Å². The molecule has 0 aliphatic heterocycles. The number of benzene rings is 3. The monoisotopic (exact) mass is 568 g/mol. The minimum atomic E-state index is 0.785. The number of aryl methyl sites for hydroxylation is 2. The van der Waals surface area contributed by atoms with Crippen LogP contribution >= 0.6 is 0 Å². The van der Waals surface area contributed by atoms with Gasteiger partial charge < -0.3 is 10.6 Å². The van der Waals surface area contributed by atoms with Gasteiger partial charge in [-0.05, 0) is 75.4 Å². The fraction of sp³-hybridized carbons (Fsp3) is 0.297. The number of nitrogens with one attached hydrogen (secondary N) is 3. The van der Waals surface area contributed by atoms with Crippen molar-refractivity contribution in [3.63, 3.8) is 0 Å². The fourth-order valence-electron chi connectivity index (χ4n) is 3.76. The highest BCUT2D eigenvalue weighted by Gasteiger charge is 2.07. The van der Waals surface area contributed by atoms with Gasteiger partial charge >= 0.3 is 0 Å². The van der Waals surface area contributed by atoms with Crippen molar-refractivity contribution in [2.24, 2.45) is 4.99 Å². The summed E-state index contributed by atoms with van der Waals surface area (Å²) in [5, 5.41) is 6.55. The number of nitrogens with zero attached hydrogens (tertiary/aromatic N) is 2. The van der Waals surface area contributed by atoms with Gasteiger partial charge in [0.1, 0.15) is 0 Å². The van der Waals surface area contributed by atoms with Crippen molar-refractivity contribution < 1.29 is 4.68 Å². The molecule has 0 bridgehead atoms. The average Bonchev–Trinajstić information content (AvgIpc) is 3.01. The van der Waals surface area contributed by atoms with Crippen LogP contribution in [-0.2, 0) is 13.0 Å². The molecule has 0 radical (unpaired) electrons. The normalized spacial score (nSPS) is 10.1. The SMILES string of the molecule is C=C.C=[N+](Nc1cccc(CN/C(C)=C/Cc2ccccc2C)c1)c1cccc(C)c1.CC.CN=CC(NC)=C(C)C. The Bertz CT molecular complexity index is 1300. The third-order valence-corrected chi connectivity index (χ3v) is 6.03. The van der Waals surface area contributed by atoms with Crippen LogP contribution in [0.2, 0.25) is 0 Å². The minimum absolute atomic E-state index is 0.785. The van der Waals surface area contributed by atoms with Crippen LogP contribution in [0.5, 0.6) is 0 Å². The first-order chi connectivity index (χ1) is 20.2. The summed E-state index contributed by atoms with van der Waals surface area (Å²) in [6, 6.07) is 25.2. The zero-order valence-electron chi connectivity index (χ0n) is 27.5. The molecule has 42 heavy (non-hydrogen) atoms. The van der Waals surface area contributed by atoms with Crippen LogP contribution in [0.4, 0.5) is 11.4 Å². The Hall–Kier alpha value is -4.38. The van der Waals surface area contributed by atoms with E-state index in [9.17, 15) is 0 Å². The highest BCUT2D eigenvalue weighted by Crippen LogP contribution is 2.17. The second-order valence-electron chi connectivity index (χ2n) is 9.50. The summed E-state index contributed by atoms with van der Waals surface area (Å²) in [5.74, 6) is 0. The van der Waals surface area contributed by atoms with E-state index >= 15 is 0 Å². The van der Waals surface area contributed by atoms with Crippen LogP contribution in [0.15, 0.2) is 114 Å². The van der Waals surface area contributed by atoms with Gasteiger partial charge in [-0.3, -0.25) is 4.99 Å². The predicted molar refractivity (Wildman–Crippen MR) is 188 cm³/mol. The quantitative estimate of drug-likeness (QED) is 0.0990. The first-order valence-corrected chi connectivity index (χ1v) is 14.5. The Balaban J connectivity index is 0.00000110. The highest BCUT2D eigenvalue weighted by atomic mass is 15.4. The maximum absolute atomic E-state index is 4.11. The second kappa shape index (κ2) is 22.3. The Morgan fingerprint density at radius 2 is 1.57 bits per heavy atom. The third-order valence-electron chi connectivity index (χ3n) is 6.03. The van der Waals surface area contributed by atoms with Gasteiger partial charge in [0, 0.05) is 44.7 Å². The fourth-order valence-corrected chi connectivity index (χ4v) is 3.76. The zero-order valence-corrected chi connectivity index (χ0v) is 27.5. The van der Waals surface area contributed by atoms with Gasteiger partial charge in [-0.1, -0.05) is 78.7 Å². The first-order valence-electron chi connectivity index (χ1n) is 14.5. The van der Waals surface area contributed by atoms with Gasteiger partial charge in [-0.25, -0.2) is 0 Å². The molecule has 5 heteroatoms. The number of hydrogen-bond acceptors (Lipinski definition) is 4. The van der Waals surface area contributed by atoms with Crippen LogP contribution < -0.4 is 16.1 Å². The molecule has 0 fully saturated rings. The number of allylic oxidation sites excluding steroid dienone is 4. The van der Waals surface area contributed by atoms with Gasteiger partial charge in [0.15, 0.2) is 6.72 Å². The van der Waals surface area contributed by atoms with Gasteiger partial charge in [0.25, 0.3) is 0 Å². The lowest BCUT2D eigenvalue weighted by Gasteiger charge is -2.10. The molecule has 3 aromatic carbocycles. The standard InChI is InChI=1S/C26H30N3.C7H14N2.C2H6.C2H4/c1-20-9-7-14-26(17-20)29(4)28-25-13-8-11-23(18-25)19-27-22(3)15-16-24-12-6-5-10-21(24)2;1-6(2)7(9-4)5-8-3;2*1-2/h5-15,17-18,27-28H,4,16,19H2,1-3H3;5,9H,1-4H3;1-2H3;1-2H2/q+1;;;/b22-15+;;;. The number of anilines is 1. The van der Waals surface area contributed by atoms with E-state index in [0.29, 0.717) is 0 Å². The molecule has 0 aliphatic rings. The molecule has 0 saturated carbocycles. The van der Waals surface area contributed by atoms with E-state index in [1.54, 1.807) is 11.7 Å². The van der Waals surface area contributed by atoms with Crippen LogP contribution in [0.1, 0.15) is 56.9 Å². The van der Waals surface area contributed by atoms with E-state index in [2.05, 4.69) is 128 Å². The summed E-state index contributed by atoms with van der Waals surface area (Å²) in [6.45, 7) is 25.4. The molecule has 0 spiro atoms. The molecule has 226 valence electrons. The Kier molecular flexibility index (Phi) is 20.0. The number of hydrogen-bond donors (Lipinski definition) is 3. The summed E-state index contributed by atoms with van der Waals surface area (Å²) >= 11 is 0. The van der Waals surface area contributed by atoms with Crippen LogP contribution in [0.25, 0.3) is 0 Å². The van der Waals surface area contributed by atoms with Gasteiger partial charge in [0.2, 0.25) is 5.69 Å². The maximum Gasteiger partial charge on any atom is 0.235 e. The summed E-state index contributed by atoms with van der Waals surface area (Å²) in [6.07, 6.45) is 5.01. The van der Waals surface area contributed by atoms with Crippen molar-refractivity contribution in [1.82, 2.24) is 10.6 Å². The predicted octanol–water partition coefficient (Wildman–Crippen LogP) is 8.94. The molecule has 3 N–H and O–H groups in total. The summed E-state index contributed by atoms with van der Waals surface area (Å²) in [5.41, 5.74) is 14.1. The van der Waals surface area contributed by atoms with Crippen LogP contribution in [0.3, 0.4) is 0 Å². The van der Waals surface area contributed by atoms with E-state index in [-0.39, 0.29) is 0 Å². The van der Waals surface area contributed by atoms with Crippen molar-refractivity contribution in [2.45, 2.75) is 61.4 Å². The smallest absolute Gasteiger partial charge is 0.235 e. The van der Waals surface area contributed by atoms with Crippen LogP contribution in [0, 0.1) is 13.8 Å². The lowest BCUT2D eigenvalue weighted by atomic mass is 10.1. The summed E-state index contributed by atoms with van der Waals surface area (Å²) in [7, 11) is 3.66. The molecular weight excluding hydrogens is 514 g/mol. The zero-order chi connectivity index (χ0) is 31.9. The van der Waals surface area contributed by atoms with Crippen molar-refractivity contribution in [2.75, 3.05) is 19.5 Å². The summed E-state index contributed by atoms with van der Waals surface area (Å²) in [4.78, 5) is 3.88. The Morgan fingerprint density at radius 1 is 0.905 bits per heavy atom. The number of hydrazine groups is 1. The van der Waals surface area contributed by atoms with E-state index < -0.39 is 0 Å². The third kappa shape index (κ3) is 14.8. The van der Waals surface area contributed by atoms with Crippen molar-refractivity contribution in [1.29, 1.82) is 0 Å². The molecule has 3 rings (SSSR count). The topological polar surface area (TPSA) is 51.5 Å². The highest BCUT2D eigenvalue weighted by molar-refractivity contribution is 5.78. The molecule has 3 aromatic rings. The molecule has 0 aromatic heterocycles. The van der Waals surface area contributed by atoms with Gasteiger partial charge in [-0.15, -0.1) is 13.2 Å². The lowest BCUT2D eigenvalue weighted by molar-refractivity contribution is -0.394. The largest absolute Gasteiger partial charge is 0.387 e. The number of hydrazone groups is 1. The van der Waals surface area contributed by atoms with Crippen LogP contribution in [-0.4, -0.2) is 31.7 Å². The maximum atomic E-state index is 4.11. The molecule has 0 aliphatic carbocycles. The first kappa shape index (κ1) is 37.6. The van der Waals surface area contributed by atoms with Crippen molar-refractivity contribution in [3.05, 3.63) is 131 Å². The molecule has 0 atom stereocenters. The van der Waals surface area contributed by atoms with E-state index in [0.717, 1.165) is 30.0 Å². The number of rotatable bonds is 10. The molecule has 0 saturated heterocycles. The molecule has 0 amide bonds. The average molecular weight is 569 g/mol. The van der Waals surface area contributed by atoms with E-state index in [4.69, 9.17) is 0 Å². The van der Waals surface area contributed by atoms with Gasteiger partial charge in [-0.2, -0.15) is 5.43 Å². The van der Waals surface area contributed by atoms with Gasteiger partial charge in [0.05, 0.1) is 11.4 Å². The lowest BCUT2D eigenvalue weighted by Crippen LogP contribution is -2.13. The number of aliphatic imine (C=N–C) groups is 1.